The molecule has 0 fully saturated rings. The molecule has 0 bridgehead atoms. The second-order valence-corrected chi connectivity index (χ2v) is 3.61. The van der Waals surface area contributed by atoms with Crippen LogP contribution in [0.1, 0.15) is 12.5 Å². The Hall–Kier alpha value is -1.61. The molecule has 1 heterocycles. The number of ether oxygens (including phenoxy) is 1. The van der Waals surface area contributed by atoms with Gasteiger partial charge in [0, 0.05) is 12.4 Å². The summed E-state index contributed by atoms with van der Waals surface area (Å²) in [6.45, 7) is 2.09. The molecule has 16 heavy (non-hydrogen) atoms. The first-order valence-electron chi connectivity index (χ1n) is 5.03. The van der Waals surface area contributed by atoms with Crippen LogP contribution in [0.5, 0.6) is 11.6 Å². The molecule has 3 nitrogen and oxygen atoms in total. The molecule has 0 atom stereocenters. The van der Waals surface area contributed by atoms with Crippen molar-refractivity contribution in [3.05, 3.63) is 47.4 Å². The second kappa shape index (κ2) is 4.94. The number of halogens is 1. The van der Waals surface area contributed by atoms with Gasteiger partial charge in [0.1, 0.15) is 5.75 Å². The Kier molecular flexibility index (Phi) is 3.37. The molecule has 0 spiro atoms. The predicted molar refractivity (Wildman–Crippen MR) is 62.9 cm³/mol. The van der Waals surface area contributed by atoms with Crippen LogP contribution in [-0.4, -0.2) is 9.97 Å². The molecule has 0 N–H and O–H groups in total. The molecule has 2 aromatic rings. The number of aromatic nitrogens is 2. The quantitative estimate of drug-likeness (QED) is 0.816. The number of hydrogen-bond donors (Lipinski definition) is 0. The van der Waals surface area contributed by atoms with Crippen LogP contribution in [0.4, 0.5) is 0 Å². The molecule has 0 aliphatic rings. The van der Waals surface area contributed by atoms with E-state index in [0.717, 1.165) is 12.2 Å². The Morgan fingerprint density at radius 3 is 2.81 bits per heavy atom. The number of nitrogens with zero attached hydrogens (tertiary/aromatic N) is 2. The zero-order valence-electron chi connectivity index (χ0n) is 8.85. The summed E-state index contributed by atoms with van der Waals surface area (Å²) in [4.78, 5) is 7.91. The highest BCUT2D eigenvalue weighted by Crippen LogP contribution is 2.25. The van der Waals surface area contributed by atoms with Crippen LogP contribution < -0.4 is 4.74 Å². The van der Waals surface area contributed by atoms with Crippen molar-refractivity contribution in [2.75, 3.05) is 0 Å². The Morgan fingerprint density at radius 2 is 2.06 bits per heavy atom. The van der Waals surface area contributed by atoms with Crippen LogP contribution in [0.3, 0.4) is 0 Å². The fourth-order valence-electron chi connectivity index (χ4n) is 1.32. The van der Waals surface area contributed by atoms with Gasteiger partial charge < -0.3 is 4.74 Å². The van der Waals surface area contributed by atoms with E-state index in [1.807, 2.05) is 24.3 Å². The summed E-state index contributed by atoms with van der Waals surface area (Å²) in [7, 11) is 0. The van der Waals surface area contributed by atoms with Crippen LogP contribution in [0, 0.1) is 0 Å². The van der Waals surface area contributed by atoms with Gasteiger partial charge in [-0.3, -0.25) is 0 Å². The molecular weight excluding hydrogens is 224 g/mol. The molecule has 0 aliphatic heterocycles. The SMILES string of the molecule is CCc1cccc(Oc2nccnc2Cl)c1. The van der Waals surface area contributed by atoms with Crippen LogP contribution >= 0.6 is 11.6 Å². The van der Waals surface area contributed by atoms with Crippen molar-refractivity contribution in [3.8, 4) is 11.6 Å². The van der Waals surface area contributed by atoms with Crippen LogP contribution in [-0.2, 0) is 6.42 Å². The standard InChI is InChI=1S/C12H11ClN2O/c1-2-9-4-3-5-10(8-9)16-12-11(13)14-6-7-15-12/h3-8H,2H2,1H3. The van der Waals surface area contributed by atoms with Crippen molar-refractivity contribution in [2.24, 2.45) is 0 Å². The molecule has 2 rings (SSSR count). The maximum Gasteiger partial charge on any atom is 0.257 e. The van der Waals surface area contributed by atoms with Crippen molar-refractivity contribution in [2.45, 2.75) is 13.3 Å². The maximum absolute atomic E-state index is 5.85. The van der Waals surface area contributed by atoms with Gasteiger partial charge >= 0.3 is 0 Å². The molecule has 0 saturated heterocycles. The zero-order chi connectivity index (χ0) is 11.4. The normalized spacial score (nSPS) is 10.1. The molecule has 0 unspecified atom stereocenters. The van der Waals surface area contributed by atoms with Crippen molar-refractivity contribution in [3.63, 3.8) is 0 Å². The van der Waals surface area contributed by atoms with E-state index in [1.54, 1.807) is 6.20 Å². The fraction of sp³-hybridized carbons (Fsp3) is 0.167. The van der Waals surface area contributed by atoms with Gasteiger partial charge in [0.2, 0.25) is 0 Å². The lowest BCUT2D eigenvalue weighted by Gasteiger charge is -2.06. The number of benzene rings is 1. The van der Waals surface area contributed by atoms with Gasteiger partial charge in [-0.1, -0.05) is 30.7 Å². The van der Waals surface area contributed by atoms with Crippen molar-refractivity contribution >= 4 is 11.6 Å². The van der Waals surface area contributed by atoms with E-state index in [9.17, 15) is 0 Å². The molecule has 0 saturated carbocycles. The minimum absolute atomic E-state index is 0.268. The topological polar surface area (TPSA) is 35.0 Å². The number of rotatable bonds is 3. The van der Waals surface area contributed by atoms with Crippen LogP contribution in [0.2, 0.25) is 5.15 Å². The molecule has 1 aromatic heterocycles. The summed E-state index contributed by atoms with van der Waals surface area (Å²) in [5, 5.41) is 0.268. The third-order valence-electron chi connectivity index (χ3n) is 2.14. The predicted octanol–water partition coefficient (Wildman–Crippen LogP) is 3.48. The van der Waals surface area contributed by atoms with E-state index in [0.29, 0.717) is 5.88 Å². The first kappa shape index (κ1) is 10.9. The molecule has 0 aliphatic carbocycles. The molecule has 0 amide bonds. The van der Waals surface area contributed by atoms with E-state index < -0.39 is 0 Å². The largest absolute Gasteiger partial charge is 0.436 e. The average molecular weight is 235 g/mol. The number of aryl methyl sites for hydroxylation is 1. The second-order valence-electron chi connectivity index (χ2n) is 3.26. The van der Waals surface area contributed by atoms with E-state index in [2.05, 4.69) is 16.9 Å². The molecule has 4 heteroatoms. The third kappa shape index (κ3) is 2.49. The molecule has 82 valence electrons. The lowest BCUT2D eigenvalue weighted by molar-refractivity contribution is 0.460. The Labute approximate surface area is 99.1 Å². The van der Waals surface area contributed by atoms with Crippen molar-refractivity contribution in [1.82, 2.24) is 9.97 Å². The first-order valence-corrected chi connectivity index (χ1v) is 5.40. The van der Waals surface area contributed by atoms with Crippen molar-refractivity contribution < 1.29 is 4.74 Å². The lowest BCUT2D eigenvalue weighted by atomic mass is 10.2. The Morgan fingerprint density at radius 1 is 1.25 bits per heavy atom. The van der Waals surface area contributed by atoms with E-state index >= 15 is 0 Å². The summed E-state index contributed by atoms with van der Waals surface area (Å²) >= 11 is 5.85. The Balaban J connectivity index is 2.24. The van der Waals surface area contributed by atoms with Crippen LogP contribution in [0.25, 0.3) is 0 Å². The monoisotopic (exact) mass is 234 g/mol. The van der Waals surface area contributed by atoms with Gasteiger partial charge in [-0.2, -0.15) is 0 Å². The summed E-state index contributed by atoms with van der Waals surface area (Å²) in [6.07, 6.45) is 4.04. The maximum atomic E-state index is 5.85. The van der Waals surface area contributed by atoms with E-state index in [1.165, 1.54) is 11.8 Å². The van der Waals surface area contributed by atoms with Gasteiger partial charge in [-0.05, 0) is 24.1 Å². The molecular formula is C12H11ClN2O. The highest BCUT2D eigenvalue weighted by molar-refractivity contribution is 6.30. The minimum Gasteiger partial charge on any atom is -0.436 e. The van der Waals surface area contributed by atoms with Gasteiger partial charge in [-0.15, -0.1) is 0 Å². The van der Waals surface area contributed by atoms with Crippen LogP contribution in [0.15, 0.2) is 36.7 Å². The fourth-order valence-corrected chi connectivity index (χ4v) is 1.46. The van der Waals surface area contributed by atoms with E-state index in [4.69, 9.17) is 16.3 Å². The molecule has 1 aromatic carbocycles. The summed E-state index contributed by atoms with van der Waals surface area (Å²) in [5.41, 5.74) is 1.21. The average Bonchev–Trinajstić information content (AvgIpc) is 2.32. The van der Waals surface area contributed by atoms with Gasteiger partial charge in [0.25, 0.3) is 5.88 Å². The summed E-state index contributed by atoms with van der Waals surface area (Å²) in [5.74, 6) is 1.05. The highest BCUT2D eigenvalue weighted by Gasteiger charge is 2.04. The zero-order valence-corrected chi connectivity index (χ0v) is 9.61. The highest BCUT2D eigenvalue weighted by atomic mass is 35.5. The van der Waals surface area contributed by atoms with E-state index in [-0.39, 0.29) is 5.15 Å². The smallest absolute Gasteiger partial charge is 0.257 e. The minimum atomic E-state index is 0.268. The molecule has 0 radical (unpaired) electrons. The van der Waals surface area contributed by atoms with Gasteiger partial charge in [-0.25, -0.2) is 9.97 Å². The number of hydrogen-bond acceptors (Lipinski definition) is 3. The van der Waals surface area contributed by atoms with Crippen molar-refractivity contribution in [1.29, 1.82) is 0 Å². The van der Waals surface area contributed by atoms with Gasteiger partial charge in [0.15, 0.2) is 5.15 Å². The summed E-state index contributed by atoms with van der Waals surface area (Å²) in [6, 6.07) is 7.82. The summed E-state index contributed by atoms with van der Waals surface area (Å²) < 4.78 is 5.55. The lowest BCUT2D eigenvalue weighted by Crippen LogP contribution is -1.91. The first-order chi connectivity index (χ1) is 7.79. The van der Waals surface area contributed by atoms with Gasteiger partial charge in [0.05, 0.1) is 0 Å². The third-order valence-corrected chi connectivity index (χ3v) is 2.40. The Bertz CT molecular complexity index is 488.